The summed E-state index contributed by atoms with van der Waals surface area (Å²) in [6, 6.07) is 10.0. The number of anilines is 1. The minimum atomic E-state index is -0.689. The van der Waals surface area contributed by atoms with Crippen LogP contribution in [-0.4, -0.2) is 62.6 Å². The van der Waals surface area contributed by atoms with Crippen LogP contribution in [0.2, 0.25) is 0 Å². The maximum atomic E-state index is 14.9. The Morgan fingerprint density at radius 2 is 2.03 bits per heavy atom. The molecule has 1 fully saturated rings. The summed E-state index contributed by atoms with van der Waals surface area (Å²) in [7, 11) is 2.98. The Labute approximate surface area is 211 Å². The minimum absolute atomic E-state index is 0.0389. The van der Waals surface area contributed by atoms with E-state index in [-0.39, 0.29) is 35.5 Å². The number of carbonyl (C=O) groups excluding carboxylic acids is 2. The molecule has 36 heavy (non-hydrogen) atoms. The Morgan fingerprint density at radius 3 is 2.69 bits per heavy atom. The lowest BCUT2D eigenvalue weighted by molar-refractivity contribution is -0.126. The van der Waals surface area contributed by atoms with Crippen molar-refractivity contribution >= 4 is 40.9 Å². The van der Waals surface area contributed by atoms with Gasteiger partial charge in [-0.3, -0.25) is 19.6 Å². The first kappa shape index (κ1) is 24.8. The number of nitrogens with zero attached hydrogens (tertiary/aromatic N) is 4. The lowest BCUT2D eigenvalue weighted by Crippen LogP contribution is -2.38. The number of hydrogen-bond donors (Lipinski definition) is 2. The first-order chi connectivity index (χ1) is 17.3. The van der Waals surface area contributed by atoms with Gasteiger partial charge in [0.2, 0.25) is 5.91 Å². The molecule has 0 atom stereocenters. The van der Waals surface area contributed by atoms with Gasteiger partial charge in [-0.1, -0.05) is 17.7 Å². The van der Waals surface area contributed by atoms with Crippen LogP contribution in [0.1, 0.15) is 17.0 Å². The maximum absolute atomic E-state index is 14.9. The van der Waals surface area contributed by atoms with Crippen LogP contribution in [0, 0.1) is 12.7 Å². The molecule has 1 saturated heterocycles. The van der Waals surface area contributed by atoms with E-state index in [0.717, 1.165) is 5.56 Å². The molecule has 12 heteroatoms. The molecule has 2 aromatic carbocycles. The molecule has 3 aromatic rings. The van der Waals surface area contributed by atoms with Gasteiger partial charge in [-0.2, -0.15) is 5.10 Å². The fourth-order valence-corrected chi connectivity index (χ4v) is 3.74. The summed E-state index contributed by atoms with van der Waals surface area (Å²) in [6.45, 7) is 1.64. The van der Waals surface area contributed by atoms with E-state index in [0.29, 0.717) is 17.1 Å². The molecule has 2 N–H and O–H groups in total. The second kappa shape index (κ2) is 10.5. The van der Waals surface area contributed by atoms with Crippen LogP contribution in [0.4, 0.5) is 10.1 Å². The molecular weight excluding hydrogens is 487 g/mol. The van der Waals surface area contributed by atoms with Crippen LogP contribution in [0.15, 0.2) is 48.4 Å². The summed E-state index contributed by atoms with van der Waals surface area (Å²) in [6.07, 6.45) is 2.79. The van der Waals surface area contributed by atoms with Gasteiger partial charge in [0.15, 0.2) is 28.3 Å². The van der Waals surface area contributed by atoms with Crippen molar-refractivity contribution in [2.45, 2.75) is 13.5 Å². The molecule has 1 aliphatic rings. The summed E-state index contributed by atoms with van der Waals surface area (Å²) in [4.78, 5) is 32.2. The molecule has 1 aromatic heterocycles. The van der Waals surface area contributed by atoms with Gasteiger partial charge in [-0.05, 0) is 55.0 Å². The van der Waals surface area contributed by atoms with Crippen molar-refractivity contribution in [3.63, 3.8) is 0 Å². The zero-order valence-corrected chi connectivity index (χ0v) is 20.6. The van der Waals surface area contributed by atoms with E-state index in [1.807, 2.05) is 19.1 Å². The van der Waals surface area contributed by atoms with Gasteiger partial charge in [0.25, 0.3) is 5.91 Å². The van der Waals surface area contributed by atoms with Crippen LogP contribution in [0.25, 0.3) is 6.08 Å². The van der Waals surface area contributed by atoms with E-state index in [2.05, 4.69) is 20.5 Å². The van der Waals surface area contributed by atoms with Gasteiger partial charge in [0, 0.05) is 12.7 Å². The van der Waals surface area contributed by atoms with Gasteiger partial charge in [-0.25, -0.2) is 9.37 Å². The third-order valence-electron chi connectivity index (χ3n) is 5.35. The third kappa shape index (κ3) is 5.33. The van der Waals surface area contributed by atoms with Crippen molar-refractivity contribution in [3.8, 4) is 11.5 Å². The number of aromatic amines is 1. The second-order valence-electron chi connectivity index (χ2n) is 7.93. The molecule has 1 aliphatic heterocycles. The Hall–Kier alpha value is -4.32. The predicted molar refractivity (Wildman–Crippen MR) is 134 cm³/mol. The quantitative estimate of drug-likeness (QED) is 0.352. The monoisotopic (exact) mass is 510 g/mol. The lowest BCUT2D eigenvalue weighted by atomic mass is 10.1. The fourth-order valence-electron chi connectivity index (χ4n) is 3.49. The van der Waals surface area contributed by atoms with Crippen molar-refractivity contribution < 1.29 is 23.5 Å². The van der Waals surface area contributed by atoms with Crippen molar-refractivity contribution in [1.82, 2.24) is 25.0 Å². The van der Waals surface area contributed by atoms with Gasteiger partial charge >= 0.3 is 0 Å². The van der Waals surface area contributed by atoms with Crippen LogP contribution in [0.5, 0.6) is 11.5 Å². The summed E-state index contributed by atoms with van der Waals surface area (Å²) >= 11 is 5.38. The highest BCUT2D eigenvalue weighted by Gasteiger charge is 2.37. The molecular formula is C24H23FN6O4S. The number of likely N-dealkylation sites (N-methyl/N-ethyl adjacent to an activating group) is 1. The van der Waals surface area contributed by atoms with Crippen molar-refractivity contribution in [1.29, 1.82) is 0 Å². The van der Waals surface area contributed by atoms with E-state index in [9.17, 15) is 14.0 Å². The molecule has 2 amide bonds. The summed E-state index contributed by atoms with van der Waals surface area (Å²) in [5.41, 5.74) is 2.20. The minimum Gasteiger partial charge on any atom is -0.493 e. The largest absolute Gasteiger partial charge is 0.493 e. The predicted octanol–water partition coefficient (Wildman–Crippen LogP) is 2.88. The number of amides is 2. The van der Waals surface area contributed by atoms with Gasteiger partial charge in [-0.15, -0.1) is 0 Å². The standard InChI is InChI=1S/C24H23FN6O4S/c1-14-4-6-16(7-5-14)28-21(32)11-31-23(33)18(30(2)24(31)36)9-15-8-17(25)22(19(10-15)34-3)35-12-20-26-13-27-29-20/h4-10,13H,11-12H2,1-3H3,(H,28,32)(H,26,27,29)/b18-9-. The molecule has 2 heterocycles. The SMILES string of the molecule is COc1cc(/C=C2/C(=O)N(CC(=O)Nc3ccc(C)cc3)C(=S)N2C)cc(F)c1OCc1ncn[nH]1. The number of halogens is 1. The Bertz CT molecular complexity index is 1330. The van der Waals surface area contributed by atoms with E-state index >= 15 is 0 Å². The van der Waals surface area contributed by atoms with E-state index in [1.54, 1.807) is 19.2 Å². The smallest absolute Gasteiger partial charge is 0.277 e. The number of hydrogen-bond acceptors (Lipinski definition) is 7. The van der Waals surface area contributed by atoms with Crippen molar-refractivity contribution in [2.24, 2.45) is 0 Å². The molecule has 0 unspecified atom stereocenters. The molecule has 4 rings (SSSR count). The zero-order chi connectivity index (χ0) is 25.8. The van der Waals surface area contributed by atoms with Crippen molar-refractivity contribution in [2.75, 3.05) is 26.0 Å². The third-order valence-corrected chi connectivity index (χ3v) is 5.85. The number of aryl methyl sites for hydroxylation is 1. The average molecular weight is 511 g/mol. The highest BCUT2D eigenvalue weighted by Crippen LogP contribution is 2.34. The number of carbonyl (C=O) groups is 2. The van der Waals surface area contributed by atoms with Crippen LogP contribution in [0.3, 0.4) is 0 Å². The first-order valence-corrected chi connectivity index (χ1v) is 11.2. The highest BCUT2D eigenvalue weighted by molar-refractivity contribution is 7.80. The number of ether oxygens (including phenoxy) is 2. The fraction of sp³-hybridized carbons (Fsp3) is 0.208. The maximum Gasteiger partial charge on any atom is 0.277 e. The molecule has 0 saturated carbocycles. The molecule has 10 nitrogen and oxygen atoms in total. The van der Waals surface area contributed by atoms with Gasteiger partial charge in [0.1, 0.15) is 25.2 Å². The number of rotatable bonds is 8. The number of thiocarbonyl (C=S) groups is 1. The Balaban J connectivity index is 1.51. The number of aromatic nitrogens is 3. The Kier molecular flexibility index (Phi) is 7.25. The van der Waals surface area contributed by atoms with Crippen LogP contribution in [-0.2, 0) is 16.2 Å². The van der Waals surface area contributed by atoms with Gasteiger partial charge < -0.3 is 19.7 Å². The number of nitrogens with one attached hydrogen (secondary N) is 2. The molecule has 0 bridgehead atoms. The molecule has 186 valence electrons. The Morgan fingerprint density at radius 1 is 1.28 bits per heavy atom. The van der Waals surface area contributed by atoms with Crippen LogP contribution < -0.4 is 14.8 Å². The summed E-state index contributed by atoms with van der Waals surface area (Å²) < 4.78 is 25.7. The van der Waals surface area contributed by atoms with E-state index in [1.165, 1.54) is 41.4 Å². The number of benzene rings is 2. The molecule has 0 radical (unpaired) electrons. The normalized spacial score (nSPS) is 14.5. The molecule has 0 aliphatic carbocycles. The van der Waals surface area contributed by atoms with E-state index in [4.69, 9.17) is 21.7 Å². The van der Waals surface area contributed by atoms with Crippen molar-refractivity contribution in [3.05, 3.63) is 71.2 Å². The summed E-state index contributed by atoms with van der Waals surface area (Å²) in [5, 5.41) is 9.24. The average Bonchev–Trinajstić information content (AvgIpc) is 3.44. The molecule has 0 spiro atoms. The zero-order valence-electron chi connectivity index (χ0n) is 19.7. The number of methoxy groups -OCH3 is 1. The van der Waals surface area contributed by atoms with Gasteiger partial charge in [0.05, 0.1) is 7.11 Å². The second-order valence-corrected chi connectivity index (χ2v) is 8.30. The topological polar surface area (TPSA) is 113 Å². The van der Waals surface area contributed by atoms with Crippen LogP contribution >= 0.6 is 12.2 Å². The summed E-state index contributed by atoms with van der Waals surface area (Å²) in [5.74, 6) is -1.12. The first-order valence-electron chi connectivity index (χ1n) is 10.8. The number of H-pyrrole nitrogens is 1. The lowest BCUT2D eigenvalue weighted by Gasteiger charge is -2.16. The highest BCUT2D eigenvalue weighted by atomic mass is 32.1. The van der Waals surface area contributed by atoms with E-state index < -0.39 is 17.6 Å².